The molecule has 0 spiro atoms. The highest BCUT2D eigenvalue weighted by Gasteiger charge is 2.14. The van der Waals surface area contributed by atoms with E-state index in [2.05, 4.69) is 10.3 Å². The maximum Gasteiger partial charge on any atom is 0.275 e. The van der Waals surface area contributed by atoms with Crippen molar-refractivity contribution >= 4 is 22.9 Å². The van der Waals surface area contributed by atoms with Gasteiger partial charge in [-0.2, -0.15) is 0 Å². The number of anilines is 1. The molecule has 1 aromatic heterocycles. The van der Waals surface area contributed by atoms with Crippen molar-refractivity contribution < 1.29 is 9.53 Å². The summed E-state index contributed by atoms with van der Waals surface area (Å²) in [7, 11) is 1.57. The van der Waals surface area contributed by atoms with Crippen molar-refractivity contribution in [1.82, 2.24) is 4.98 Å². The van der Waals surface area contributed by atoms with Crippen LogP contribution in [0.5, 0.6) is 5.75 Å². The number of aryl methyl sites for hydroxylation is 1. The zero-order chi connectivity index (χ0) is 14.7. The second kappa shape index (κ2) is 6.02. The van der Waals surface area contributed by atoms with E-state index in [1.165, 1.54) is 11.3 Å². The van der Waals surface area contributed by atoms with Crippen LogP contribution in [0.3, 0.4) is 0 Å². The van der Waals surface area contributed by atoms with Gasteiger partial charge in [-0.25, -0.2) is 4.98 Å². The summed E-state index contributed by atoms with van der Waals surface area (Å²) in [6.07, 6.45) is 0. The van der Waals surface area contributed by atoms with Gasteiger partial charge in [0.15, 0.2) is 0 Å². The number of aromatic nitrogens is 1. The summed E-state index contributed by atoms with van der Waals surface area (Å²) in [4.78, 5) is 16.4. The Balaban J connectivity index is 2.20. The van der Waals surface area contributed by atoms with Crippen LogP contribution in [0.2, 0.25) is 0 Å². The number of rotatable bonds is 4. The first-order valence-corrected chi connectivity index (χ1v) is 7.06. The second-order valence-corrected chi connectivity index (χ2v) is 5.41. The van der Waals surface area contributed by atoms with Gasteiger partial charge in [0, 0.05) is 5.38 Å². The van der Waals surface area contributed by atoms with Crippen LogP contribution >= 0.6 is 11.3 Å². The van der Waals surface area contributed by atoms with E-state index in [9.17, 15) is 4.79 Å². The number of methoxy groups -OCH3 is 1. The number of hydrogen-bond donors (Lipinski definition) is 2. The van der Waals surface area contributed by atoms with Gasteiger partial charge in [0.1, 0.15) is 16.5 Å². The van der Waals surface area contributed by atoms with Crippen molar-refractivity contribution in [3.05, 3.63) is 39.8 Å². The number of benzene rings is 1. The third-order valence-electron chi connectivity index (χ3n) is 2.75. The number of nitrogens with one attached hydrogen (secondary N) is 1. The minimum Gasteiger partial charge on any atom is -0.495 e. The molecule has 0 aliphatic heterocycles. The molecule has 5 nitrogen and oxygen atoms in total. The fourth-order valence-electron chi connectivity index (χ4n) is 1.71. The molecule has 20 heavy (non-hydrogen) atoms. The molecule has 0 bridgehead atoms. The summed E-state index contributed by atoms with van der Waals surface area (Å²) < 4.78 is 5.23. The van der Waals surface area contributed by atoms with Crippen molar-refractivity contribution in [2.75, 3.05) is 12.4 Å². The lowest BCUT2D eigenvalue weighted by Crippen LogP contribution is -2.14. The Kier molecular flexibility index (Phi) is 4.36. The van der Waals surface area contributed by atoms with Gasteiger partial charge in [-0.1, -0.05) is 6.07 Å². The number of carbonyl (C=O) groups excluding carboxylic acids is 1. The van der Waals surface area contributed by atoms with Crippen LogP contribution in [0.1, 0.15) is 34.0 Å². The van der Waals surface area contributed by atoms with Gasteiger partial charge in [0.2, 0.25) is 0 Å². The smallest absolute Gasteiger partial charge is 0.275 e. The highest BCUT2D eigenvalue weighted by molar-refractivity contribution is 7.09. The molecule has 0 radical (unpaired) electrons. The monoisotopic (exact) mass is 291 g/mol. The topological polar surface area (TPSA) is 77.2 Å². The van der Waals surface area contributed by atoms with Crippen LogP contribution in [0.25, 0.3) is 0 Å². The van der Waals surface area contributed by atoms with E-state index < -0.39 is 0 Å². The lowest BCUT2D eigenvalue weighted by molar-refractivity contribution is 0.102. The van der Waals surface area contributed by atoms with E-state index in [1.54, 1.807) is 12.5 Å². The fourth-order valence-corrected chi connectivity index (χ4v) is 2.46. The predicted octanol–water partition coefficient (Wildman–Crippen LogP) is 2.73. The molecule has 1 atom stereocenters. The van der Waals surface area contributed by atoms with Crippen molar-refractivity contribution in [1.29, 1.82) is 0 Å². The number of ether oxygens (including phenoxy) is 1. The number of nitrogens with zero attached hydrogens (tertiary/aromatic N) is 1. The molecule has 0 fully saturated rings. The molecule has 1 aromatic carbocycles. The maximum atomic E-state index is 12.2. The first-order valence-electron chi connectivity index (χ1n) is 6.18. The Labute approximate surface area is 121 Å². The molecule has 1 heterocycles. The molecule has 6 heteroatoms. The Morgan fingerprint density at radius 1 is 1.50 bits per heavy atom. The molecule has 106 valence electrons. The van der Waals surface area contributed by atoms with Crippen LogP contribution in [-0.4, -0.2) is 18.0 Å². The minimum atomic E-state index is -0.267. The van der Waals surface area contributed by atoms with Crippen molar-refractivity contribution in [2.45, 2.75) is 19.9 Å². The lowest BCUT2D eigenvalue weighted by atomic mass is 10.2. The third kappa shape index (κ3) is 3.15. The van der Waals surface area contributed by atoms with Crippen molar-refractivity contribution in [3.8, 4) is 5.75 Å². The predicted molar refractivity (Wildman–Crippen MR) is 80.4 cm³/mol. The van der Waals surface area contributed by atoms with Crippen LogP contribution in [0, 0.1) is 6.92 Å². The highest BCUT2D eigenvalue weighted by Crippen LogP contribution is 2.26. The molecule has 0 aliphatic rings. The Hall–Kier alpha value is -1.92. The molecule has 1 unspecified atom stereocenters. The molecule has 1 amide bonds. The van der Waals surface area contributed by atoms with Gasteiger partial charge < -0.3 is 15.8 Å². The summed E-state index contributed by atoms with van der Waals surface area (Å²) in [6, 6.07) is 5.43. The summed E-state index contributed by atoms with van der Waals surface area (Å²) in [5, 5.41) is 5.26. The minimum absolute atomic E-state index is 0.171. The zero-order valence-corrected chi connectivity index (χ0v) is 12.5. The van der Waals surface area contributed by atoms with E-state index in [4.69, 9.17) is 10.5 Å². The largest absolute Gasteiger partial charge is 0.495 e. The summed E-state index contributed by atoms with van der Waals surface area (Å²) in [5.74, 6) is 0.351. The lowest BCUT2D eigenvalue weighted by Gasteiger charge is -2.10. The van der Waals surface area contributed by atoms with E-state index in [0.29, 0.717) is 17.1 Å². The normalized spacial score (nSPS) is 12.0. The molecular formula is C14H17N3O2S. The Morgan fingerprint density at radius 3 is 2.85 bits per heavy atom. The number of nitrogens with two attached hydrogens (primary N) is 1. The van der Waals surface area contributed by atoms with Crippen molar-refractivity contribution in [3.63, 3.8) is 0 Å². The van der Waals surface area contributed by atoms with Gasteiger partial charge >= 0.3 is 0 Å². The van der Waals surface area contributed by atoms with Crippen LogP contribution < -0.4 is 15.8 Å². The van der Waals surface area contributed by atoms with Gasteiger partial charge in [-0.15, -0.1) is 11.3 Å². The van der Waals surface area contributed by atoms with Crippen LogP contribution in [0.4, 0.5) is 5.69 Å². The van der Waals surface area contributed by atoms with Crippen molar-refractivity contribution in [2.24, 2.45) is 5.73 Å². The Bertz CT molecular complexity index is 623. The van der Waals surface area contributed by atoms with Crippen LogP contribution in [-0.2, 0) is 0 Å². The van der Waals surface area contributed by atoms with E-state index in [1.807, 2.05) is 32.0 Å². The van der Waals surface area contributed by atoms with Gasteiger partial charge in [0.25, 0.3) is 5.91 Å². The zero-order valence-electron chi connectivity index (χ0n) is 11.6. The molecule has 2 rings (SSSR count). The summed E-state index contributed by atoms with van der Waals surface area (Å²) in [5.41, 5.74) is 7.78. The second-order valence-electron chi connectivity index (χ2n) is 4.52. The molecule has 2 aromatic rings. The first kappa shape index (κ1) is 14.5. The third-order valence-corrected chi connectivity index (χ3v) is 3.79. The summed E-state index contributed by atoms with van der Waals surface area (Å²) >= 11 is 1.38. The quantitative estimate of drug-likeness (QED) is 0.908. The fraction of sp³-hybridized carbons (Fsp3) is 0.286. The summed E-state index contributed by atoms with van der Waals surface area (Å²) in [6.45, 7) is 3.79. The van der Waals surface area contributed by atoms with E-state index in [-0.39, 0.29) is 11.9 Å². The highest BCUT2D eigenvalue weighted by atomic mass is 32.1. The van der Waals surface area contributed by atoms with Gasteiger partial charge in [-0.05, 0) is 31.5 Å². The average Bonchev–Trinajstić information content (AvgIpc) is 2.89. The molecule has 0 aliphatic carbocycles. The average molecular weight is 291 g/mol. The Morgan fingerprint density at radius 2 is 2.25 bits per heavy atom. The van der Waals surface area contributed by atoms with E-state index >= 15 is 0 Å². The number of thiazole rings is 1. The maximum absolute atomic E-state index is 12.2. The van der Waals surface area contributed by atoms with Gasteiger partial charge in [-0.3, -0.25) is 4.79 Å². The SMILES string of the molecule is COc1ccc(C)cc1NC(=O)c1csc(C(C)N)n1. The first-order chi connectivity index (χ1) is 9.51. The molecular weight excluding hydrogens is 274 g/mol. The number of amides is 1. The molecule has 0 saturated heterocycles. The number of carbonyl (C=O) groups is 1. The van der Waals surface area contributed by atoms with Crippen LogP contribution in [0.15, 0.2) is 23.6 Å². The van der Waals surface area contributed by atoms with Gasteiger partial charge in [0.05, 0.1) is 18.8 Å². The molecule has 0 saturated carbocycles. The standard InChI is InChI=1S/C14H17N3O2S/c1-8-4-5-12(19-3)10(6-8)16-13(18)11-7-20-14(17-11)9(2)15/h4-7,9H,15H2,1-3H3,(H,16,18). The number of hydrogen-bond acceptors (Lipinski definition) is 5. The molecule has 3 N–H and O–H groups in total. The van der Waals surface area contributed by atoms with E-state index in [0.717, 1.165) is 10.6 Å².